The van der Waals surface area contributed by atoms with Gasteiger partial charge in [-0.25, -0.2) is 0 Å². The van der Waals surface area contributed by atoms with Crippen molar-refractivity contribution >= 4 is 23.6 Å². The molecule has 1 heterocycles. The predicted molar refractivity (Wildman–Crippen MR) is 109 cm³/mol. The molecule has 4 amide bonds. The van der Waals surface area contributed by atoms with E-state index in [4.69, 9.17) is 4.74 Å². The van der Waals surface area contributed by atoms with Gasteiger partial charge in [0, 0.05) is 14.1 Å². The predicted octanol–water partition coefficient (Wildman–Crippen LogP) is 1.70. The van der Waals surface area contributed by atoms with Crippen LogP contribution in [-0.4, -0.2) is 60.7 Å². The van der Waals surface area contributed by atoms with Gasteiger partial charge in [-0.1, -0.05) is 18.2 Å². The van der Waals surface area contributed by atoms with Crippen LogP contribution in [0, 0.1) is 0 Å². The normalized spacial score (nSPS) is 12.6. The van der Waals surface area contributed by atoms with Crippen molar-refractivity contribution < 1.29 is 23.9 Å². The van der Waals surface area contributed by atoms with Gasteiger partial charge < -0.3 is 15.0 Å². The number of imide groups is 1. The topological polar surface area (TPSA) is 96.0 Å². The molecule has 2 aromatic carbocycles. The lowest BCUT2D eigenvalue weighted by Gasteiger charge is -2.17. The van der Waals surface area contributed by atoms with Crippen LogP contribution in [0.4, 0.5) is 0 Å². The summed E-state index contributed by atoms with van der Waals surface area (Å²) in [4.78, 5) is 52.1. The summed E-state index contributed by atoms with van der Waals surface area (Å²) in [5.74, 6) is -1.10. The van der Waals surface area contributed by atoms with Gasteiger partial charge in [0.15, 0.2) is 0 Å². The van der Waals surface area contributed by atoms with Crippen LogP contribution in [-0.2, 0) is 11.3 Å². The van der Waals surface area contributed by atoms with Gasteiger partial charge in [0.1, 0.15) is 5.75 Å². The van der Waals surface area contributed by atoms with Crippen molar-refractivity contribution in [3.63, 3.8) is 0 Å². The first-order chi connectivity index (χ1) is 14.3. The minimum atomic E-state index is -0.474. The maximum Gasteiger partial charge on any atom is 0.261 e. The summed E-state index contributed by atoms with van der Waals surface area (Å²) in [5, 5.41) is 2.57. The van der Waals surface area contributed by atoms with Gasteiger partial charge in [0.05, 0.1) is 36.4 Å². The Balaban J connectivity index is 1.82. The van der Waals surface area contributed by atoms with Gasteiger partial charge in [-0.3, -0.25) is 24.1 Å². The highest BCUT2D eigenvalue weighted by molar-refractivity contribution is 6.21. The number of fused-ring (bicyclic) bond motifs is 1. The molecule has 0 spiro atoms. The van der Waals surface area contributed by atoms with Gasteiger partial charge in [-0.2, -0.15) is 0 Å². The number of carbonyl (C=O) groups excluding carboxylic acids is 4. The van der Waals surface area contributed by atoms with Crippen LogP contribution < -0.4 is 10.1 Å². The first kappa shape index (κ1) is 21.0. The Hall–Kier alpha value is -3.68. The largest absolute Gasteiger partial charge is 0.493 e. The van der Waals surface area contributed by atoms with E-state index >= 15 is 0 Å². The molecule has 1 aliphatic rings. The monoisotopic (exact) mass is 409 g/mol. The molecule has 0 radical (unpaired) electrons. The molecular formula is C22H23N3O5. The summed E-state index contributed by atoms with van der Waals surface area (Å²) in [6, 6.07) is 11.6. The van der Waals surface area contributed by atoms with E-state index in [1.807, 2.05) is 0 Å². The molecule has 0 aromatic heterocycles. The zero-order valence-electron chi connectivity index (χ0n) is 17.1. The van der Waals surface area contributed by atoms with E-state index in [1.165, 1.54) is 4.90 Å². The van der Waals surface area contributed by atoms with Crippen molar-refractivity contribution in [2.45, 2.75) is 13.5 Å². The Kier molecular flexibility index (Phi) is 6.15. The Morgan fingerprint density at radius 2 is 1.67 bits per heavy atom. The first-order valence-electron chi connectivity index (χ1n) is 9.52. The minimum absolute atomic E-state index is 0.0235. The summed E-state index contributed by atoms with van der Waals surface area (Å²) >= 11 is 0. The summed E-state index contributed by atoms with van der Waals surface area (Å²) < 4.78 is 5.53. The fourth-order valence-corrected chi connectivity index (χ4v) is 3.11. The average molecular weight is 409 g/mol. The Morgan fingerprint density at radius 3 is 2.23 bits per heavy atom. The Labute approximate surface area is 174 Å². The third kappa shape index (κ3) is 4.17. The number of hydrogen-bond donors (Lipinski definition) is 1. The van der Waals surface area contributed by atoms with E-state index in [1.54, 1.807) is 63.5 Å². The number of nitrogens with zero attached hydrogens (tertiary/aromatic N) is 2. The number of likely N-dealkylation sites (N-methyl/N-ethyl adjacent to an activating group) is 1. The molecule has 1 N–H and O–H groups in total. The number of ether oxygens (including phenoxy) is 1. The summed E-state index contributed by atoms with van der Waals surface area (Å²) in [7, 11) is 3.20. The van der Waals surface area contributed by atoms with Crippen molar-refractivity contribution in [2.24, 2.45) is 0 Å². The van der Waals surface area contributed by atoms with Crippen molar-refractivity contribution in [2.75, 3.05) is 27.2 Å². The van der Waals surface area contributed by atoms with Crippen LogP contribution in [0.15, 0.2) is 42.5 Å². The second kappa shape index (κ2) is 8.77. The van der Waals surface area contributed by atoms with Gasteiger partial charge in [-0.15, -0.1) is 0 Å². The molecular weight excluding hydrogens is 386 g/mol. The molecule has 0 unspecified atom stereocenters. The molecule has 2 aromatic rings. The smallest absolute Gasteiger partial charge is 0.261 e. The van der Waals surface area contributed by atoms with E-state index in [-0.39, 0.29) is 36.4 Å². The third-order valence-corrected chi connectivity index (χ3v) is 4.71. The van der Waals surface area contributed by atoms with Crippen LogP contribution >= 0.6 is 0 Å². The molecule has 1 aliphatic heterocycles. The van der Waals surface area contributed by atoms with Crippen LogP contribution in [0.3, 0.4) is 0 Å². The highest BCUT2D eigenvalue weighted by Gasteiger charge is 2.35. The van der Waals surface area contributed by atoms with Crippen molar-refractivity contribution in [1.29, 1.82) is 0 Å². The summed E-state index contributed by atoms with van der Waals surface area (Å²) in [6.07, 6.45) is 0. The van der Waals surface area contributed by atoms with Gasteiger partial charge in [0.2, 0.25) is 5.91 Å². The van der Waals surface area contributed by atoms with Gasteiger partial charge in [0.25, 0.3) is 17.7 Å². The molecule has 0 bridgehead atoms. The maximum absolute atomic E-state index is 12.7. The van der Waals surface area contributed by atoms with E-state index in [2.05, 4.69) is 5.32 Å². The fourth-order valence-electron chi connectivity index (χ4n) is 3.11. The molecule has 8 nitrogen and oxygen atoms in total. The highest BCUT2D eigenvalue weighted by Crippen LogP contribution is 2.26. The van der Waals surface area contributed by atoms with Crippen molar-refractivity contribution in [3.05, 3.63) is 64.7 Å². The van der Waals surface area contributed by atoms with E-state index < -0.39 is 5.91 Å². The molecule has 30 heavy (non-hydrogen) atoms. The lowest BCUT2D eigenvalue weighted by Crippen LogP contribution is -2.36. The van der Waals surface area contributed by atoms with Crippen LogP contribution in [0.1, 0.15) is 43.6 Å². The molecule has 0 aliphatic carbocycles. The first-order valence-corrected chi connectivity index (χ1v) is 9.52. The zero-order chi connectivity index (χ0) is 21.8. The Bertz CT molecular complexity index is 981. The quantitative estimate of drug-likeness (QED) is 0.703. The second-order valence-electron chi connectivity index (χ2n) is 6.98. The maximum atomic E-state index is 12.7. The van der Waals surface area contributed by atoms with Crippen molar-refractivity contribution in [1.82, 2.24) is 15.1 Å². The van der Waals surface area contributed by atoms with Crippen LogP contribution in [0.25, 0.3) is 0 Å². The second-order valence-corrected chi connectivity index (χ2v) is 6.98. The van der Waals surface area contributed by atoms with Crippen LogP contribution in [0.5, 0.6) is 5.75 Å². The van der Waals surface area contributed by atoms with E-state index in [0.717, 1.165) is 4.90 Å². The fraction of sp³-hybridized carbons (Fsp3) is 0.273. The minimum Gasteiger partial charge on any atom is -0.493 e. The molecule has 0 saturated heterocycles. The molecule has 3 rings (SSSR count). The standard InChI is InChI=1S/C22H23N3O5/c1-4-30-18-10-9-14(11-17(18)20(27)23-12-19(26)24(2)3)13-25-21(28)15-7-5-6-8-16(15)22(25)29/h5-11H,4,12-13H2,1-3H3,(H,23,27). The number of rotatable bonds is 7. The number of carbonyl (C=O) groups is 4. The van der Waals surface area contributed by atoms with Crippen LogP contribution in [0.2, 0.25) is 0 Å². The van der Waals surface area contributed by atoms with E-state index in [0.29, 0.717) is 29.0 Å². The number of hydrogen-bond acceptors (Lipinski definition) is 5. The average Bonchev–Trinajstić information content (AvgIpc) is 2.98. The highest BCUT2D eigenvalue weighted by atomic mass is 16.5. The number of nitrogens with one attached hydrogen (secondary N) is 1. The molecule has 0 saturated carbocycles. The zero-order valence-corrected chi connectivity index (χ0v) is 17.1. The van der Waals surface area contributed by atoms with Gasteiger partial charge >= 0.3 is 0 Å². The molecule has 0 atom stereocenters. The summed E-state index contributed by atoms with van der Waals surface area (Å²) in [6.45, 7) is 2.02. The number of benzene rings is 2. The van der Waals surface area contributed by atoms with Gasteiger partial charge in [-0.05, 0) is 36.8 Å². The summed E-state index contributed by atoms with van der Waals surface area (Å²) in [5.41, 5.74) is 1.57. The molecule has 8 heteroatoms. The molecule has 156 valence electrons. The third-order valence-electron chi connectivity index (χ3n) is 4.71. The van der Waals surface area contributed by atoms with Crippen molar-refractivity contribution in [3.8, 4) is 5.75 Å². The number of amides is 4. The Morgan fingerprint density at radius 1 is 1.03 bits per heavy atom. The lowest BCUT2D eigenvalue weighted by molar-refractivity contribution is -0.127. The molecule has 0 fully saturated rings. The van der Waals surface area contributed by atoms with E-state index in [9.17, 15) is 19.2 Å². The lowest BCUT2D eigenvalue weighted by atomic mass is 10.1. The SMILES string of the molecule is CCOc1ccc(CN2C(=O)c3ccccc3C2=O)cc1C(=O)NCC(=O)N(C)C.